The van der Waals surface area contributed by atoms with Crippen molar-refractivity contribution >= 4 is 28.8 Å². The predicted molar refractivity (Wildman–Crippen MR) is 116 cm³/mol. The van der Waals surface area contributed by atoms with Crippen molar-refractivity contribution in [3.8, 4) is 12.1 Å². The van der Waals surface area contributed by atoms with Crippen LogP contribution in [0.1, 0.15) is 36.6 Å². The molecule has 31 heavy (non-hydrogen) atoms. The second-order valence-corrected chi connectivity index (χ2v) is 7.54. The van der Waals surface area contributed by atoms with Gasteiger partial charge in [-0.3, -0.25) is 10.1 Å². The van der Waals surface area contributed by atoms with E-state index in [4.69, 9.17) is 10.8 Å². The molecule has 1 aliphatic rings. The maximum absolute atomic E-state index is 11.7. The van der Waals surface area contributed by atoms with Gasteiger partial charge in [0.25, 0.3) is 5.69 Å². The second-order valence-electron chi connectivity index (χ2n) is 7.54. The quantitative estimate of drug-likeness (QED) is 0.409. The summed E-state index contributed by atoms with van der Waals surface area (Å²) in [5.74, 6) is 0.509. The van der Waals surface area contributed by atoms with Gasteiger partial charge in [-0.1, -0.05) is 13.0 Å². The van der Waals surface area contributed by atoms with Crippen molar-refractivity contribution in [1.82, 2.24) is 9.78 Å². The molecule has 0 radical (unpaired) electrons. The molecule has 3 N–H and O–H groups in total. The number of hydrogen-bond donors (Lipinski definition) is 2. The molecule has 0 amide bonds. The Balaban J connectivity index is 2.03. The minimum atomic E-state index is -0.424. The number of nitrogens with zero attached hydrogens (tertiary/aromatic N) is 6. The number of aromatic nitrogens is 2. The third-order valence-corrected chi connectivity index (χ3v) is 5.30. The normalized spacial score (nSPS) is 16.6. The first-order valence-electron chi connectivity index (χ1n) is 9.92. The average Bonchev–Trinajstić information content (AvgIpc) is 3.07. The molecule has 1 aromatic carbocycles. The highest BCUT2D eigenvalue weighted by atomic mass is 16.6. The maximum Gasteiger partial charge on any atom is 0.293 e. The van der Waals surface area contributed by atoms with Gasteiger partial charge < -0.3 is 15.7 Å². The van der Waals surface area contributed by atoms with Crippen LogP contribution in [-0.4, -0.2) is 39.5 Å². The number of benzene rings is 1. The van der Waals surface area contributed by atoms with Crippen LogP contribution >= 0.6 is 0 Å². The fraction of sp³-hybridized carbons (Fsp3) is 0.381. The molecule has 1 aromatic heterocycles. The molecule has 0 bridgehead atoms. The van der Waals surface area contributed by atoms with Crippen LogP contribution in [0, 0.1) is 38.7 Å². The molecule has 1 fully saturated rings. The van der Waals surface area contributed by atoms with E-state index < -0.39 is 4.92 Å². The van der Waals surface area contributed by atoms with Crippen molar-refractivity contribution in [2.75, 3.05) is 30.3 Å². The molecule has 3 rings (SSSR count). The molecule has 10 heteroatoms. The van der Waals surface area contributed by atoms with Crippen LogP contribution in [0.15, 0.2) is 18.2 Å². The summed E-state index contributed by atoms with van der Waals surface area (Å²) in [5.41, 5.74) is 7.01. The molecule has 0 saturated carbocycles. The molecule has 1 saturated heterocycles. The Morgan fingerprint density at radius 2 is 2.26 bits per heavy atom. The van der Waals surface area contributed by atoms with E-state index in [9.17, 15) is 20.6 Å². The Morgan fingerprint density at radius 3 is 2.87 bits per heavy atom. The van der Waals surface area contributed by atoms with Crippen molar-refractivity contribution in [2.24, 2.45) is 5.92 Å². The molecule has 2 aromatic rings. The fourth-order valence-electron chi connectivity index (χ4n) is 3.81. The summed E-state index contributed by atoms with van der Waals surface area (Å²) in [6.07, 6.45) is 3.53. The average molecular weight is 421 g/mol. The number of nitro groups is 1. The molecule has 10 nitrogen and oxygen atoms in total. The summed E-state index contributed by atoms with van der Waals surface area (Å²) in [7, 11) is 0. The number of aliphatic hydroxyl groups excluding tert-OH is 1. The highest BCUT2D eigenvalue weighted by Gasteiger charge is 2.24. The van der Waals surface area contributed by atoms with Crippen molar-refractivity contribution in [2.45, 2.75) is 26.3 Å². The summed E-state index contributed by atoms with van der Waals surface area (Å²) in [6.45, 7) is 3.49. The smallest absolute Gasteiger partial charge is 0.293 e. The van der Waals surface area contributed by atoms with E-state index in [1.54, 1.807) is 12.1 Å². The van der Waals surface area contributed by atoms with E-state index in [-0.39, 0.29) is 41.5 Å². The minimum absolute atomic E-state index is 0.0228. The van der Waals surface area contributed by atoms with Crippen LogP contribution in [0.5, 0.6) is 0 Å². The zero-order valence-electron chi connectivity index (χ0n) is 17.2. The van der Waals surface area contributed by atoms with Crippen LogP contribution in [0.25, 0.3) is 11.6 Å². The minimum Gasteiger partial charge on any atom is -0.394 e. The first-order chi connectivity index (χ1) is 14.9. The number of rotatable bonds is 6. The van der Waals surface area contributed by atoms with Crippen molar-refractivity contribution in [3.63, 3.8) is 0 Å². The van der Waals surface area contributed by atoms with Gasteiger partial charge in [-0.25, -0.2) is 4.68 Å². The Kier molecular flexibility index (Phi) is 6.53. The fourth-order valence-corrected chi connectivity index (χ4v) is 3.81. The molecule has 0 unspecified atom stereocenters. The summed E-state index contributed by atoms with van der Waals surface area (Å²) in [5, 5.41) is 44.1. The highest BCUT2D eigenvalue weighted by Crippen LogP contribution is 2.34. The van der Waals surface area contributed by atoms with Crippen molar-refractivity contribution < 1.29 is 10.0 Å². The highest BCUT2D eigenvalue weighted by molar-refractivity contribution is 5.92. The largest absolute Gasteiger partial charge is 0.394 e. The lowest BCUT2D eigenvalue weighted by atomic mass is 9.99. The molecule has 0 spiro atoms. The predicted octanol–water partition coefficient (Wildman–Crippen LogP) is 2.54. The zero-order valence-corrected chi connectivity index (χ0v) is 17.2. The number of anilines is 2. The number of nitrogens with two attached hydrogens (primary N) is 1. The molecule has 2 heterocycles. The molecule has 1 atom stereocenters. The van der Waals surface area contributed by atoms with Crippen LogP contribution in [0.4, 0.5) is 17.2 Å². The second kappa shape index (κ2) is 9.28. The maximum atomic E-state index is 11.7. The van der Waals surface area contributed by atoms with Gasteiger partial charge in [0.2, 0.25) is 0 Å². The van der Waals surface area contributed by atoms with Crippen LogP contribution in [0.3, 0.4) is 0 Å². The summed E-state index contributed by atoms with van der Waals surface area (Å²) in [6, 6.07) is 8.75. The first kappa shape index (κ1) is 21.8. The Morgan fingerprint density at radius 1 is 1.48 bits per heavy atom. The third kappa shape index (κ3) is 4.49. The molecule has 0 aliphatic carbocycles. The summed E-state index contributed by atoms with van der Waals surface area (Å²) in [4.78, 5) is 13.3. The monoisotopic (exact) mass is 421 g/mol. The van der Waals surface area contributed by atoms with Gasteiger partial charge in [0.1, 0.15) is 34.9 Å². The number of hydrogen-bond acceptors (Lipinski definition) is 8. The first-order valence-corrected chi connectivity index (χ1v) is 9.92. The zero-order chi connectivity index (χ0) is 22.5. The number of allylic oxidation sites excluding steroid dienone is 1. The topological polar surface area (TPSA) is 158 Å². The number of nitro benzene ring substituents is 1. The molecule has 1 aliphatic heterocycles. The van der Waals surface area contributed by atoms with Gasteiger partial charge >= 0.3 is 0 Å². The van der Waals surface area contributed by atoms with Gasteiger partial charge in [0, 0.05) is 19.2 Å². The van der Waals surface area contributed by atoms with Crippen LogP contribution in [0.2, 0.25) is 0 Å². The van der Waals surface area contributed by atoms with E-state index in [0.29, 0.717) is 17.2 Å². The van der Waals surface area contributed by atoms with E-state index in [2.05, 4.69) is 12.0 Å². The molecule has 160 valence electrons. The van der Waals surface area contributed by atoms with E-state index in [1.165, 1.54) is 16.8 Å². The Bertz CT molecular complexity index is 1110. The lowest BCUT2D eigenvalue weighted by Crippen LogP contribution is -2.34. The van der Waals surface area contributed by atoms with Crippen LogP contribution in [-0.2, 0) is 6.54 Å². The number of aliphatic hydroxyl groups is 1. The van der Waals surface area contributed by atoms with E-state index >= 15 is 0 Å². The van der Waals surface area contributed by atoms with E-state index in [1.807, 2.05) is 17.0 Å². The Hall–Kier alpha value is -3.89. The molecular formula is C21H23N7O3. The lowest BCUT2D eigenvalue weighted by molar-refractivity contribution is -0.384. The van der Waals surface area contributed by atoms with E-state index in [0.717, 1.165) is 25.9 Å². The van der Waals surface area contributed by atoms with Crippen molar-refractivity contribution in [3.05, 3.63) is 45.1 Å². The SMILES string of the molecule is C[C@@H]1CCCN(c2ccc(/C=C(\C#N)c3nn(CCO)c(N)c3C#N)cc2[N+](=O)[O-])C1. The lowest BCUT2D eigenvalue weighted by Gasteiger charge is -2.32. The summed E-state index contributed by atoms with van der Waals surface area (Å²) < 4.78 is 1.25. The van der Waals surface area contributed by atoms with Gasteiger partial charge in [0.05, 0.1) is 23.6 Å². The van der Waals surface area contributed by atoms with Gasteiger partial charge in [-0.05, 0) is 36.5 Å². The van der Waals surface area contributed by atoms with Gasteiger partial charge in [-0.15, -0.1) is 0 Å². The third-order valence-electron chi connectivity index (χ3n) is 5.30. The number of nitriles is 2. The number of piperidine rings is 1. The number of nitrogen functional groups attached to an aromatic ring is 1. The molecular weight excluding hydrogens is 398 g/mol. The van der Waals surface area contributed by atoms with Crippen molar-refractivity contribution in [1.29, 1.82) is 10.5 Å². The summed E-state index contributed by atoms with van der Waals surface area (Å²) >= 11 is 0. The van der Waals surface area contributed by atoms with Gasteiger partial charge in [0.15, 0.2) is 0 Å². The Labute approximate surface area is 179 Å². The van der Waals surface area contributed by atoms with Crippen LogP contribution < -0.4 is 10.6 Å². The standard InChI is InChI=1S/C21H23N7O3/c1-14-3-2-6-26(13-14)18-5-4-15(10-19(18)28(30)31)9-16(11-22)20-17(12-23)21(24)27(25-20)7-8-29/h4-5,9-10,14,29H,2-3,6-8,13,24H2,1H3/b16-9+/t14-/m1/s1. The van der Waals surface area contributed by atoms with Gasteiger partial charge in [-0.2, -0.15) is 15.6 Å².